The van der Waals surface area contributed by atoms with Crippen LogP contribution in [0, 0.1) is 18.3 Å². The lowest BCUT2D eigenvalue weighted by Gasteiger charge is -2.17. The van der Waals surface area contributed by atoms with E-state index in [4.69, 9.17) is 0 Å². The number of para-hydroxylation sites is 1. The van der Waals surface area contributed by atoms with Gasteiger partial charge in [-0.25, -0.2) is 0 Å². The van der Waals surface area contributed by atoms with Gasteiger partial charge >= 0.3 is 6.61 Å². The summed E-state index contributed by atoms with van der Waals surface area (Å²) in [7, 11) is 0. The highest BCUT2D eigenvalue weighted by atomic mass is 19.3. The summed E-state index contributed by atoms with van der Waals surface area (Å²) < 4.78 is 29.3. The molecule has 0 spiro atoms. The third kappa shape index (κ3) is 3.93. The molecule has 2 aromatic carbocycles. The molecule has 1 N–H and O–H groups in total. The summed E-state index contributed by atoms with van der Waals surface area (Å²) in [6, 6.07) is 15.0. The van der Waals surface area contributed by atoms with Crippen molar-refractivity contribution in [3.63, 3.8) is 0 Å². The van der Waals surface area contributed by atoms with Gasteiger partial charge in [-0.3, -0.25) is 0 Å². The molecule has 0 aromatic heterocycles. The second kappa shape index (κ2) is 6.71. The average Bonchev–Trinajstić information content (AvgIpc) is 2.45. The lowest BCUT2D eigenvalue weighted by molar-refractivity contribution is -0.0504. The number of nitrogens with zero attached hydrogens (tertiary/aromatic N) is 1. The van der Waals surface area contributed by atoms with Crippen molar-refractivity contribution in [2.75, 3.05) is 5.32 Å². The van der Waals surface area contributed by atoms with Gasteiger partial charge in [0.15, 0.2) is 0 Å². The molecule has 108 valence electrons. The molecule has 1 atom stereocenters. The number of nitrogens with one attached hydrogen (secondary N) is 1. The van der Waals surface area contributed by atoms with Gasteiger partial charge in [0.25, 0.3) is 0 Å². The van der Waals surface area contributed by atoms with Crippen LogP contribution in [-0.4, -0.2) is 6.61 Å². The van der Waals surface area contributed by atoms with Crippen LogP contribution in [0.1, 0.15) is 17.2 Å². The molecule has 0 fully saturated rings. The molecule has 0 radical (unpaired) electrons. The Labute approximate surface area is 121 Å². The molecule has 2 rings (SSSR count). The maximum absolute atomic E-state index is 12.4. The third-order valence-electron chi connectivity index (χ3n) is 2.90. The van der Waals surface area contributed by atoms with Crippen LogP contribution in [0.5, 0.6) is 5.75 Å². The molecule has 0 aliphatic rings. The minimum Gasteiger partial charge on any atom is -0.434 e. The molecule has 3 nitrogen and oxygen atoms in total. The number of benzene rings is 2. The maximum Gasteiger partial charge on any atom is 0.387 e. The molecule has 0 amide bonds. The standard InChI is InChI=1S/C16H14F2N2O/c1-11-5-4-6-12(9-11)20-14(10-19)13-7-2-3-8-15(13)21-16(17)18/h2-9,14,16,20H,1H3. The largest absolute Gasteiger partial charge is 0.434 e. The van der Waals surface area contributed by atoms with Crippen molar-refractivity contribution in [2.45, 2.75) is 19.6 Å². The number of hydrogen-bond donors (Lipinski definition) is 1. The van der Waals surface area contributed by atoms with E-state index in [9.17, 15) is 14.0 Å². The van der Waals surface area contributed by atoms with Crippen LogP contribution in [0.3, 0.4) is 0 Å². The number of rotatable bonds is 5. The first-order chi connectivity index (χ1) is 10.1. The quantitative estimate of drug-likeness (QED) is 0.893. The van der Waals surface area contributed by atoms with Crippen molar-refractivity contribution in [3.8, 4) is 11.8 Å². The van der Waals surface area contributed by atoms with Crippen LogP contribution in [0.2, 0.25) is 0 Å². The molecule has 2 aromatic rings. The Morgan fingerprint density at radius 3 is 2.57 bits per heavy atom. The molecule has 0 aliphatic heterocycles. The van der Waals surface area contributed by atoms with E-state index >= 15 is 0 Å². The van der Waals surface area contributed by atoms with Gasteiger partial charge in [0.1, 0.15) is 11.8 Å². The predicted molar refractivity (Wildman–Crippen MR) is 76.2 cm³/mol. The topological polar surface area (TPSA) is 45.0 Å². The van der Waals surface area contributed by atoms with Crippen LogP contribution >= 0.6 is 0 Å². The molecule has 0 saturated carbocycles. The molecule has 0 aliphatic carbocycles. The zero-order valence-electron chi connectivity index (χ0n) is 11.4. The van der Waals surface area contributed by atoms with E-state index in [0.717, 1.165) is 11.3 Å². The van der Waals surface area contributed by atoms with Crippen molar-refractivity contribution >= 4 is 5.69 Å². The summed E-state index contributed by atoms with van der Waals surface area (Å²) >= 11 is 0. The van der Waals surface area contributed by atoms with Gasteiger partial charge in [0.2, 0.25) is 0 Å². The Hall–Kier alpha value is -2.61. The van der Waals surface area contributed by atoms with Gasteiger partial charge in [-0.15, -0.1) is 0 Å². The molecule has 5 heteroatoms. The summed E-state index contributed by atoms with van der Waals surface area (Å²) in [4.78, 5) is 0. The van der Waals surface area contributed by atoms with E-state index in [1.807, 2.05) is 31.2 Å². The Bertz CT molecular complexity index is 653. The number of aryl methyl sites for hydroxylation is 1. The first-order valence-electron chi connectivity index (χ1n) is 6.36. The van der Waals surface area contributed by atoms with E-state index in [-0.39, 0.29) is 5.75 Å². The second-order valence-corrected chi connectivity index (χ2v) is 4.49. The van der Waals surface area contributed by atoms with Gasteiger partial charge < -0.3 is 10.1 Å². The highest BCUT2D eigenvalue weighted by Crippen LogP contribution is 2.29. The van der Waals surface area contributed by atoms with E-state index in [1.54, 1.807) is 18.2 Å². The van der Waals surface area contributed by atoms with Crippen LogP contribution < -0.4 is 10.1 Å². The van der Waals surface area contributed by atoms with Crippen molar-refractivity contribution in [2.24, 2.45) is 0 Å². The van der Waals surface area contributed by atoms with E-state index in [0.29, 0.717) is 5.56 Å². The average molecular weight is 288 g/mol. The van der Waals surface area contributed by atoms with E-state index < -0.39 is 12.7 Å². The van der Waals surface area contributed by atoms with Gasteiger partial charge in [0.05, 0.1) is 6.07 Å². The predicted octanol–water partition coefficient (Wildman–Crippen LogP) is 4.27. The van der Waals surface area contributed by atoms with Crippen LogP contribution in [0.15, 0.2) is 48.5 Å². The molecular weight excluding hydrogens is 274 g/mol. The molecule has 21 heavy (non-hydrogen) atoms. The highest BCUT2D eigenvalue weighted by molar-refractivity contribution is 5.51. The minimum atomic E-state index is -2.93. The van der Waals surface area contributed by atoms with Gasteiger partial charge in [-0.1, -0.05) is 30.3 Å². The van der Waals surface area contributed by atoms with Crippen molar-refractivity contribution in [3.05, 3.63) is 59.7 Å². The molecule has 0 bridgehead atoms. The number of halogens is 2. The summed E-state index contributed by atoms with van der Waals surface area (Å²) in [6.45, 7) is -0.995. The Balaban J connectivity index is 2.28. The Kier molecular flexibility index (Phi) is 4.72. The summed E-state index contributed by atoms with van der Waals surface area (Å²) in [5, 5.41) is 12.3. The number of alkyl halides is 2. The van der Waals surface area contributed by atoms with Crippen molar-refractivity contribution < 1.29 is 13.5 Å². The fourth-order valence-electron chi connectivity index (χ4n) is 2.00. The number of ether oxygens (including phenoxy) is 1. The molecule has 0 heterocycles. The van der Waals surface area contributed by atoms with E-state index in [2.05, 4.69) is 16.1 Å². The number of nitriles is 1. The SMILES string of the molecule is Cc1cccc(NC(C#N)c2ccccc2OC(F)F)c1. The van der Waals surface area contributed by atoms with E-state index in [1.165, 1.54) is 6.07 Å². The van der Waals surface area contributed by atoms with Crippen molar-refractivity contribution in [1.82, 2.24) is 0 Å². The Morgan fingerprint density at radius 1 is 1.14 bits per heavy atom. The van der Waals surface area contributed by atoms with Gasteiger partial charge in [-0.2, -0.15) is 14.0 Å². The number of hydrogen-bond acceptors (Lipinski definition) is 3. The molecule has 0 saturated heterocycles. The first kappa shape index (κ1) is 14.8. The number of anilines is 1. The first-order valence-corrected chi connectivity index (χ1v) is 6.36. The maximum atomic E-state index is 12.4. The fraction of sp³-hybridized carbons (Fsp3) is 0.188. The fourth-order valence-corrected chi connectivity index (χ4v) is 2.00. The lowest BCUT2D eigenvalue weighted by Crippen LogP contribution is -2.12. The minimum absolute atomic E-state index is 0.000738. The third-order valence-corrected chi connectivity index (χ3v) is 2.90. The van der Waals surface area contributed by atoms with Crippen LogP contribution in [-0.2, 0) is 0 Å². The molecular formula is C16H14F2N2O. The zero-order chi connectivity index (χ0) is 15.2. The summed E-state index contributed by atoms with van der Waals surface area (Å²) in [5.74, 6) is -0.000738. The smallest absolute Gasteiger partial charge is 0.387 e. The lowest BCUT2D eigenvalue weighted by atomic mass is 10.1. The normalized spacial score (nSPS) is 11.8. The molecule has 1 unspecified atom stereocenters. The zero-order valence-corrected chi connectivity index (χ0v) is 11.4. The monoisotopic (exact) mass is 288 g/mol. The summed E-state index contributed by atoms with van der Waals surface area (Å²) in [5.41, 5.74) is 2.16. The van der Waals surface area contributed by atoms with Crippen molar-refractivity contribution in [1.29, 1.82) is 5.26 Å². The van der Waals surface area contributed by atoms with Crippen LogP contribution in [0.4, 0.5) is 14.5 Å². The Morgan fingerprint density at radius 2 is 1.90 bits per heavy atom. The summed E-state index contributed by atoms with van der Waals surface area (Å²) in [6.07, 6.45) is 0. The highest BCUT2D eigenvalue weighted by Gasteiger charge is 2.17. The van der Waals surface area contributed by atoms with Gasteiger partial charge in [0, 0.05) is 11.3 Å². The van der Waals surface area contributed by atoms with Gasteiger partial charge in [-0.05, 0) is 30.7 Å². The second-order valence-electron chi connectivity index (χ2n) is 4.49. The van der Waals surface area contributed by atoms with Crippen LogP contribution in [0.25, 0.3) is 0 Å².